The van der Waals surface area contributed by atoms with Crippen molar-refractivity contribution in [3.05, 3.63) is 29.8 Å². The van der Waals surface area contributed by atoms with Crippen LogP contribution in [0.4, 0.5) is 0 Å². The SMILES string of the molecule is CCOc1ccccc1C1(N)CC(C)(C)CC(C)(C)C1. The summed E-state index contributed by atoms with van der Waals surface area (Å²) < 4.78 is 5.81. The highest BCUT2D eigenvalue weighted by molar-refractivity contribution is 5.40. The average molecular weight is 275 g/mol. The van der Waals surface area contributed by atoms with Crippen LogP contribution in [0.2, 0.25) is 0 Å². The monoisotopic (exact) mass is 275 g/mol. The molecule has 0 bridgehead atoms. The lowest BCUT2D eigenvalue weighted by molar-refractivity contribution is 0.0457. The highest BCUT2D eigenvalue weighted by Crippen LogP contribution is 2.53. The van der Waals surface area contributed by atoms with Gasteiger partial charge in [0.15, 0.2) is 0 Å². The van der Waals surface area contributed by atoms with Gasteiger partial charge >= 0.3 is 0 Å². The van der Waals surface area contributed by atoms with E-state index in [0.717, 1.165) is 18.6 Å². The predicted molar refractivity (Wildman–Crippen MR) is 84.9 cm³/mol. The summed E-state index contributed by atoms with van der Waals surface area (Å²) in [6.45, 7) is 12.0. The molecule has 0 spiro atoms. The summed E-state index contributed by atoms with van der Waals surface area (Å²) in [5.74, 6) is 0.950. The molecule has 2 nitrogen and oxygen atoms in total. The van der Waals surface area contributed by atoms with Crippen LogP contribution in [-0.2, 0) is 5.54 Å². The molecule has 2 N–H and O–H groups in total. The van der Waals surface area contributed by atoms with E-state index >= 15 is 0 Å². The van der Waals surface area contributed by atoms with Crippen LogP contribution >= 0.6 is 0 Å². The molecule has 1 aliphatic carbocycles. The van der Waals surface area contributed by atoms with Crippen LogP contribution in [0, 0.1) is 10.8 Å². The number of benzene rings is 1. The van der Waals surface area contributed by atoms with Crippen LogP contribution in [0.15, 0.2) is 24.3 Å². The van der Waals surface area contributed by atoms with E-state index in [1.165, 1.54) is 12.0 Å². The fraction of sp³-hybridized carbons (Fsp3) is 0.667. The van der Waals surface area contributed by atoms with E-state index in [1.54, 1.807) is 0 Å². The zero-order valence-corrected chi connectivity index (χ0v) is 13.6. The van der Waals surface area contributed by atoms with Crippen molar-refractivity contribution in [2.75, 3.05) is 6.61 Å². The van der Waals surface area contributed by atoms with E-state index in [1.807, 2.05) is 19.1 Å². The summed E-state index contributed by atoms with van der Waals surface area (Å²) in [6, 6.07) is 8.28. The van der Waals surface area contributed by atoms with Crippen LogP contribution < -0.4 is 10.5 Å². The smallest absolute Gasteiger partial charge is 0.124 e. The first-order valence-corrected chi connectivity index (χ1v) is 7.69. The number of nitrogens with two attached hydrogens (primary N) is 1. The van der Waals surface area contributed by atoms with Crippen molar-refractivity contribution in [3.63, 3.8) is 0 Å². The van der Waals surface area contributed by atoms with Crippen molar-refractivity contribution in [3.8, 4) is 5.75 Å². The second kappa shape index (κ2) is 5.07. The third kappa shape index (κ3) is 3.17. The van der Waals surface area contributed by atoms with Crippen molar-refractivity contribution in [2.24, 2.45) is 16.6 Å². The minimum atomic E-state index is -0.295. The Morgan fingerprint density at radius 1 is 1.00 bits per heavy atom. The van der Waals surface area contributed by atoms with E-state index in [2.05, 4.69) is 39.8 Å². The van der Waals surface area contributed by atoms with Gasteiger partial charge in [-0.1, -0.05) is 45.9 Å². The number of rotatable bonds is 3. The van der Waals surface area contributed by atoms with Gasteiger partial charge in [-0.05, 0) is 43.1 Å². The van der Waals surface area contributed by atoms with Crippen molar-refractivity contribution in [2.45, 2.75) is 59.4 Å². The van der Waals surface area contributed by atoms with Gasteiger partial charge in [0, 0.05) is 11.1 Å². The molecule has 1 fully saturated rings. The zero-order chi connectivity index (χ0) is 15.0. The lowest BCUT2D eigenvalue weighted by Gasteiger charge is -2.51. The summed E-state index contributed by atoms with van der Waals surface area (Å²) in [5.41, 5.74) is 8.28. The van der Waals surface area contributed by atoms with E-state index in [4.69, 9.17) is 10.5 Å². The molecular formula is C18H29NO. The van der Waals surface area contributed by atoms with Gasteiger partial charge in [0.25, 0.3) is 0 Å². The maximum absolute atomic E-state index is 6.88. The summed E-state index contributed by atoms with van der Waals surface area (Å²) in [6.07, 6.45) is 3.23. The van der Waals surface area contributed by atoms with Gasteiger partial charge in [-0.2, -0.15) is 0 Å². The van der Waals surface area contributed by atoms with E-state index in [9.17, 15) is 0 Å². The third-order valence-electron chi connectivity index (χ3n) is 4.27. The fourth-order valence-corrected chi connectivity index (χ4v) is 4.54. The molecule has 1 aromatic rings. The number of hydrogen-bond donors (Lipinski definition) is 1. The Labute approximate surface area is 123 Å². The maximum Gasteiger partial charge on any atom is 0.124 e. The lowest BCUT2D eigenvalue weighted by atomic mass is 9.57. The molecule has 0 atom stereocenters. The molecule has 1 aromatic carbocycles. The second-order valence-corrected chi connectivity index (χ2v) is 7.94. The molecule has 1 saturated carbocycles. The summed E-state index contributed by atoms with van der Waals surface area (Å²) in [5, 5.41) is 0. The van der Waals surface area contributed by atoms with Gasteiger partial charge in [0.05, 0.1) is 6.61 Å². The Morgan fingerprint density at radius 2 is 1.55 bits per heavy atom. The Kier molecular flexibility index (Phi) is 3.90. The maximum atomic E-state index is 6.88. The van der Waals surface area contributed by atoms with Gasteiger partial charge in [-0.3, -0.25) is 0 Å². The molecule has 2 rings (SSSR count). The van der Waals surface area contributed by atoms with E-state index in [-0.39, 0.29) is 16.4 Å². The molecule has 0 radical (unpaired) electrons. The lowest BCUT2D eigenvalue weighted by Crippen LogP contribution is -2.50. The van der Waals surface area contributed by atoms with E-state index < -0.39 is 0 Å². The molecule has 0 saturated heterocycles. The quantitative estimate of drug-likeness (QED) is 0.883. The average Bonchev–Trinajstić information content (AvgIpc) is 2.25. The normalized spacial score (nSPS) is 23.3. The summed E-state index contributed by atoms with van der Waals surface area (Å²) in [7, 11) is 0. The first-order valence-electron chi connectivity index (χ1n) is 7.69. The molecule has 20 heavy (non-hydrogen) atoms. The molecule has 0 amide bonds. The Balaban J connectivity index is 2.44. The molecular weight excluding hydrogens is 246 g/mol. The largest absolute Gasteiger partial charge is 0.494 e. The molecule has 0 heterocycles. The standard InChI is InChI=1S/C18H29NO/c1-6-20-15-10-8-7-9-14(15)18(19)12-16(2,3)11-17(4,5)13-18/h7-10H,6,11-13,19H2,1-5H3. The molecule has 0 aliphatic heterocycles. The van der Waals surface area contributed by atoms with Gasteiger partial charge < -0.3 is 10.5 Å². The molecule has 2 heteroatoms. The van der Waals surface area contributed by atoms with E-state index in [0.29, 0.717) is 6.61 Å². The van der Waals surface area contributed by atoms with Crippen LogP contribution in [0.1, 0.15) is 59.4 Å². The number of hydrogen-bond acceptors (Lipinski definition) is 2. The Morgan fingerprint density at radius 3 is 2.10 bits per heavy atom. The highest BCUT2D eigenvalue weighted by Gasteiger charge is 2.47. The third-order valence-corrected chi connectivity index (χ3v) is 4.27. The first kappa shape index (κ1) is 15.4. The van der Waals surface area contributed by atoms with Crippen LogP contribution in [0.25, 0.3) is 0 Å². The molecule has 0 aromatic heterocycles. The summed E-state index contributed by atoms with van der Waals surface area (Å²) >= 11 is 0. The molecule has 1 aliphatic rings. The van der Waals surface area contributed by atoms with Crippen molar-refractivity contribution in [1.82, 2.24) is 0 Å². The predicted octanol–water partition coefficient (Wildman–Crippen LogP) is 4.48. The zero-order valence-electron chi connectivity index (χ0n) is 13.6. The first-order chi connectivity index (χ1) is 9.18. The topological polar surface area (TPSA) is 35.2 Å². The minimum Gasteiger partial charge on any atom is -0.494 e. The van der Waals surface area contributed by atoms with Gasteiger partial charge in [-0.15, -0.1) is 0 Å². The van der Waals surface area contributed by atoms with Gasteiger partial charge in [-0.25, -0.2) is 0 Å². The van der Waals surface area contributed by atoms with Crippen molar-refractivity contribution in [1.29, 1.82) is 0 Å². The van der Waals surface area contributed by atoms with Crippen LogP contribution in [0.3, 0.4) is 0 Å². The highest BCUT2D eigenvalue weighted by atomic mass is 16.5. The van der Waals surface area contributed by atoms with Crippen LogP contribution in [0.5, 0.6) is 5.75 Å². The number of ether oxygens (including phenoxy) is 1. The van der Waals surface area contributed by atoms with Crippen molar-refractivity contribution < 1.29 is 4.74 Å². The minimum absolute atomic E-state index is 0.260. The summed E-state index contributed by atoms with van der Waals surface area (Å²) in [4.78, 5) is 0. The van der Waals surface area contributed by atoms with Crippen molar-refractivity contribution >= 4 is 0 Å². The Hall–Kier alpha value is -1.02. The van der Waals surface area contributed by atoms with Crippen LogP contribution in [-0.4, -0.2) is 6.61 Å². The second-order valence-electron chi connectivity index (χ2n) is 7.94. The fourth-order valence-electron chi connectivity index (χ4n) is 4.54. The van der Waals surface area contributed by atoms with Gasteiger partial charge in [0.2, 0.25) is 0 Å². The number of para-hydroxylation sites is 1. The van der Waals surface area contributed by atoms with Gasteiger partial charge in [0.1, 0.15) is 5.75 Å². The molecule has 0 unspecified atom stereocenters. The molecule has 112 valence electrons. The Bertz CT molecular complexity index is 460.